The van der Waals surface area contributed by atoms with E-state index in [-0.39, 0.29) is 15.5 Å². The van der Waals surface area contributed by atoms with Crippen LogP contribution >= 0.6 is 11.6 Å². The second-order valence-electron chi connectivity index (χ2n) is 3.13. The van der Waals surface area contributed by atoms with Crippen LogP contribution in [0, 0.1) is 6.92 Å². The molecule has 0 bridgehead atoms. The minimum absolute atomic E-state index is 0.0289. The van der Waals surface area contributed by atoms with Crippen molar-refractivity contribution < 1.29 is 17.9 Å². The molecule has 0 aliphatic carbocycles. The van der Waals surface area contributed by atoms with Crippen LogP contribution in [0.1, 0.15) is 15.9 Å². The molecule has 0 atom stereocenters. The van der Waals surface area contributed by atoms with E-state index >= 15 is 0 Å². The van der Waals surface area contributed by atoms with Crippen molar-refractivity contribution in [3.8, 4) is 0 Å². The number of carbonyl (C=O) groups excluding carboxylic acids is 1. The third kappa shape index (κ3) is 2.52. The summed E-state index contributed by atoms with van der Waals surface area (Å²) in [5, 5.41) is 5.12. The smallest absolute Gasteiger partial charge is 0.339 e. The number of benzene rings is 1. The number of hydrogen-bond acceptors (Lipinski definition) is 4. The van der Waals surface area contributed by atoms with Crippen LogP contribution < -0.4 is 5.14 Å². The largest absolute Gasteiger partial charge is 0.465 e. The molecule has 0 heterocycles. The van der Waals surface area contributed by atoms with E-state index in [2.05, 4.69) is 4.74 Å². The summed E-state index contributed by atoms with van der Waals surface area (Å²) in [7, 11) is -2.71. The molecule has 0 fully saturated rings. The molecule has 5 nitrogen and oxygen atoms in total. The number of ether oxygens (including phenoxy) is 1. The molecular formula is C9H10ClNO4S. The van der Waals surface area contributed by atoms with Crippen molar-refractivity contribution in [1.82, 2.24) is 0 Å². The predicted octanol–water partition coefficient (Wildman–Crippen LogP) is 1.08. The molecule has 1 aromatic carbocycles. The number of methoxy groups -OCH3 is 1. The number of rotatable bonds is 2. The van der Waals surface area contributed by atoms with Crippen molar-refractivity contribution >= 4 is 27.6 Å². The first kappa shape index (κ1) is 13.0. The molecule has 7 heteroatoms. The van der Waals surface area contributed by atoms with Crippen LogP contribution in [0.3, 0.4) is 0 Å². The number of hydrogen-bond donors (Lipinski definition) is 1. The molecule has 0 spiro atoms. The van der Waals surface area contributed by atoms with Crippen LogP contribution in [0.15, 0.2) is 17.0 Å². The predicted molar refractivity (Wildman–Crippen MR) is 58.9 cm³/mol. The zero-order valence-electron chi connectivity index (χ0n) is 8.65. The Kier molecular flexibility index (Phi) is 3.57. The normalized spacial score (nSPS) is 11.2. The van der Waals surface area contributed by atoms with Gasteiger partial charge in [-0.25, -0.2) is 18.4 Å². The summed E-state index contributed by atoms with van der Waals surface area (Å²) in [5.74, 6) is -0.713. The van der Waals surface area contributed by atoms with E-state index in [4.69, 9.17) is 16.7 Å². The van der Waals surface area contributed by atoms with Crippen molar-refractivity contribution in [3.63, 3.8) is 0 Å². The fraction of sp³-hybridized carbons (Fsp3) is 0.222. The Morgan fingerprint density at radius 3 is 2.44 bits per heavy atom. The van der Waals surface area contributed by atoms with Gasteiger partial charge >= 0.3 is 5.97 Å². The first-order chi connectivity index (χ1) is 7.27. The van der Waals surface area contributed by atoms with Crippen molar-refractivity contribution in [2.75, 3.05) is 7.11 Å². The van der Waals surface area contributed by atoms with Crippen LogP contribution in [-0.4, -0.2) is 21.5 Å². The molecule has 1 aromatic rings. The van der Waals surface area contributed by atoms with Crippen molar-refractivity contribution in [2.24, 2.45) is 5.14 Å². The van der Waals surface area contributed by atoms with Gasteiger partial charge < -0.3 is 4.74 Å². The molecule has 1 rings (SSSR count). The topological polar surface area (TPSA) is 86.5 Å². The molecule has 0 aliphatic rings. The fourth-order valence-corrected chi connectivity index (χ4v) is 2.31. The van der Waals surface area contributed by atoms with Gasteiger partial charge in [0.2, 0.25) is 10.0 Å². The molecule has 2 N–H and O–H groups in total. The number of esters is 1. The number of nitrogens with two attached hydrogens (primary N) is 1. The quantitative estimate of drug-likeness (QED) is 0.809. The van der Waals surface area contributed by atoms with Crippen LogP contribution in [0.4, 0.5) is 0 Å². The summed E-state index contributed by atoms with van der Waals surface area (Å²) in [6.07, 6.45) is 0. The molecule has 0 saturated heterocycles. The average molecular weight is 264 g/mol. The van der Waals surface area contributed by atoms with E-state index in [1.54, 1.807) is 0 Å². The van der Waals surface area contributed by atoms with Gasteiger partial charge in [-0.05, 0) is 24.6 Å². The molecule has 0 radical (unpaired) electrons. The Morgan fingerprint density at radius 1 is 1.44 bits per heavy atom. The van der Waals surface area contributed by atoms with Crippen molar-refractivity contribution in [2.45, 2.75) is 11.8 Å². The maximum atomic E-state index is 11.3. The van der Waals surface area contributed by atoms with E-state index in [0.717, 1.165) is 6.07 Å². The van der Waals surface area contributed by atoms with Gasteiger partial charge in [0.25, 0.3) is 0 Å². The van der Waals surface area contributed by atoms with Crippen molar-refractivity contribution in [3.05, 3.63) is 28.3 Å². The summed E-state index contributed by atoms with van der Waals surface area (Å²) in [6.45, 7) is 1.53. The number of sulfonamides is 1. The first-order valence-electron chi connectivity index (χ1n) is 4.18. The van der Waals surface area contributed by atoms with Gasteiger partial charge in [-0.15, -0.1) is 0 Å². The van der Waals surface area contributed by atoms with Gasteiger partial charge in [-0.2, -0.15) is 0 Å². The average Bonchev–Trinajstić information content (AvgIpc) is 2.14. The number of carbonyl (C=O) groups is 1. The lowest BCUT2D eigenvalue weighted by Gasteiger charge is -2.07. The van der Waals surface area contributed by atoms with E-state index in [1.807, 2.05) is 0 Å². The Hall–Kier alpha value is -1.11. The van der Waals surface area contributed by atoms with Crippen LogP contribution in [0.5, 0.6) is 0 Å². The van der Waals surface area contributed by atoms with E-state index < -0.39 is 16.0 Å². The highest BCUT2D eigenvalue weighted by molar-refractivity contribution is 7.89. The highest BCUT2D eigenvalue weighted by Crippen LogP contribution is 2.24. The third-order valence-corrected chi connectivity index (χ3v) is 3.34. The van der Waals surface area contributed by atoms with Crippen LogP contribution in [0.25, 0.3) is 0 Å². The van der Waals surface area contributed by atoms with Gasteiger partial charge in [0.05, 0.1) is 22.6 Å². The highest BCUT2D eigenvalue weighted by Gasteiger charge is 2.18. The van der Waals surface area contributed by atoms with Gasteiger partial charge in [0, 0.05) is 0 Å². The fourth-order valence-electron chi connectivity index (χ4n) is 1.23. The first-order valence-corrected chi connectivity index (χ1v) is 6.11. The highest BCUT2D eigenvalue weighted by atomic mass is 35.5. The molecule has 16 heavy (non-hydrogen) atoms. The summed E-state index contributed by atoms with van der Waals surface area (Å²) < 4.78 is 26.9. The SMILES string of the molecule is COC(=O)c1cc(S(N)(=O)=O)c(C)cc1Cl. The van der Waals surface area contributed by atoms with E-state index in [1.165, 1.54) is 20.1 Å². The van der Waals surface area contributed by atoms with Gasteiger partial charge in [-0.3, -0.25) is 0 Å². The second kappa shape index (κ2) is 4.40. The van der Waals surface area contributed by atoms with Crippen LogP contribution in [0.2, 0.25) is 5.02 Å². The van der Waals surface area contributed by atoms with E-state index in [0.29, 0.717) is 5.56 Å². The molecule has 0 unspecified atom stereocenters. The molecule has 0 aromatic heterocycles. The lowest BCUT2D eigenvalue weighted by Crippen LogP contribution is -2.15. The lowest BCUT2D eigenvalue weighted by atomic mass is 10.1. The third-order valence-electron chi connectivity index (χ3n) is 1.98. The molecular weight excluding hydrogens is 254 g/mol. The Balaban J connectivity index is 3.51. The second-order valence-corrected chi connectivity index (χ2v) is 5.07. The standard InChI is InChI=1S/C9H10ClNO4S/c1-5-3-7(10)6(9(12)15-2)4-8(5)16(11,13)14/h3-4H,1-2H3,(H2,11,13,14). The number of halogens is 1. The zero-order valence-corrected chi connectivity index (χ0v) is 10.2. The summed E-state index contributed by atoms with van der Waals surface area (Å²) in [6, 6.07) is 2.46. The summed E-state index contributed by atoms with van der Waals surface area (Å²) >= 11 is 5.79. The Bertz CT molecular complexity index is 539. The Labute approximate surface area is 98.2 Å². The Morgan fingerprint density at radius 2 is 2.00 bits per heavy atom. The molecule has 0 saturated carbocycles. The molecule has 88 valence electrons. The minimum atomic E-state index is -3.88. The minimum Gasteiger partial charge on any atom is -0.465 e. The van der Waals surface area contributed by atoms with Gasteiger partial charge in [0.1, 0.15) is 0 Å². The van der Waals surface area contributed by atoms with Gasteiger partial charge in [0.15, 0.2) is 0 Å². The maximum Gasteiger partial charge on any atom is 0.339 e. The summed E-state index contributed by atoms with van der Waals surface area (Å²) in [5.41, 5.74) is 0.346. The monoisotopic (exact) mass is 263 g/mol. The van der Waals surface area contributed by atoms with Crippen molar-refractivity contribution in [1.29, 1.82) is 0 Å². The lowest BCUT2D eigenvalue weighted by molar-refractivity contribution is 0.0600. The van der Waals surface area contributed by atoms with E-state index in [9.17, 15) is 13.2 Å². The molecule has 0 amide bonds. The molecule has 0 aliphatic heterocycles. The van der Waals surface area contributed by atoms with Crippen LogP contribution in [-0.2, 0) is 14.8 Å². The number of primary sulfonamides is 1. The summed E-state index contributed by atoms with van der Waals surface area (Å²) in [4.78, 5) is 11.1. The maximum absolute atomic E-state index is 11.3. The van der Waals surface area contributed by atoms with Gasteiger partial charge in [-0.1, -0.05) is 11.6 Å². The number of aryl methyl sites for hydroxylation is 1. The zero-order chi connectivity index (χ0) is 12.5.